The molecule has 0 spiro atoms. The lowest BCUT2D eigenvalue weighted by molar-refractivity contribution is 0.597. The van der Waals surface area contributed by atoms with Crippen molar-refractivity contribution < 1.29 is 4.55 Å². The number of aromatic nitrogens is 1. The second-order valence-electron chi connectivity index (χ2n) is 2.80. The Kier molecular flexibility index (Phi) is 2.20. The van der Waals surface area contributed by atoms with Crippen LogP contribution in [0.3, 0.4) is 0 Å². The Morgan fingerprint density at radius 1 is 1.15 bits per heavy atom. The summed E-state index contributed by atoms with van der Waals surface area (Å²) in [5.74, 6) is 0. The van der Waals surface area contributed by atoms with Crippen LogP contribution in [0.25, 0.3) is 10.9 Å². The van der Waals surface area contributed by atoms with Crippen LogP contribution in [0.4, 0.5) is 0 Å². The first-order valence-corrected chi connectivity index (χ1v) is 5.52. The van der Waals surface area contributed by atoms with Crippen molar-refractivity contribution >= 4 is 22.1 Å². The summed E-state index contributed by atoms with van der Waals surface area (Å²) < 4.78 is 11.1. The van der Waals surface area contributed by atoms with Crippen molar-refractivity contribution in [3.05, 3.63) is 36.4 Å². The highest BCUT2D eigenvalue weighted by molar-refractivity contribution is 7.90. The van der Waals surface area contributed by atoms with E-state index in [9.17, 15) is 4.55 Å². The molecule has 3 heteroatoms. The third-order valence-corrected chi connectivity index (χ3v) is 2.68. The molecule has 2 nitrogen and oxygen atoms in total. The predicted molar refractivity (Wildman–Crippen MR) is 54.1 cm³/mol. The average Bonchev–Trinajstić information content (AvgIpc) is 2.17. The zero-order valence-corrected chi connectivity index (χ0v) is 8.04. The number of pyridine rings is 1. The van der Waals surface area contributed by atoms with E-state index >= 15 is 0 Å². The molecule has 0 aliphatic heterocycles. The minimum Gasteiger partial charge on any atom is -0.610 e. The fourth-order valence-electron chi connectivity index (χ4n) is 1.21. The van der Waals surface area contributed by atoms with Crippen LogP contribution in [0.2, 0.25) is 0 Å². The molecule has 0 radical (unpaired) electrons. The monoisotopic (exact) mass is 191 g/mol. The summed E-state index contributed by atoms with van der Waals surface area (Å²) in [5, 5.41) is 1.72. The van der Waals surface area contributed by atoms with Crippen LogP contribution in [0, 0.1) is 0 Å². The fourth-order valence-corrected chi connectivity index (χ4v) is 1.69. The zero-order valence-electron chi connectivity index (χ0n) is 7.23. The molecule has 0 fully saturated rings. The molecule has 0 aliphatic carbocycles. The molecule has 0 aliphatic rings. The van der Waals surface area contributed by atoms with E-state index in [0.29, 0.717) is 5.03 Å². The van der Waals surface area contributed by atoms with Gasteiger partial charge in [-0.15, -0.1) is 0 Å². The highest BCUT2D eigenvalue weighted by Gasteiger charge is 2.05. The van der Waals surface area contributed by atoms with E-state index in [1.165, 1.54) is 0 Å². The van der Waals surface area contributed by atoms with Crippen LogP contribution >= 0.6 is 0 Å². The summed E-state index contributed by atoms with van der Waals surface area (Å²) in [7, 11) is 0. The van der Waals surface area contributed by atoms with Crippen molar-refractivity contribution in [3.63, 3.8) is 0 Å². The van der Waals surface area contributed by atoms with Gasteiger partial charge in [-0.2, -0.15) is 0 Å². The van der Waals surface area contributed by atoms with E-state index in [0.717, 1.165) is 10.9 Å². The van der Waals surface area contributed by atoms with Crippen LogP contribution in [0.5, 0.6) is 0 Å². The number of rotatable bonds is 1. The lowest BCUT2D eigenvalue weighted by atomic mass is 10.2. The van der Waals surface area contributed by atoms with Crippen LogP contribution < -0.4 is 0 Å². The van der Waals surface area contributed by atoms with Crippen molar-refractivity contribution in [3.8, 4) is 0 Å². The van der Waals surface area contributed by atoms with Crippen molar-refractivity contribution in [1.82, 2.24) is 4.98 Å². The zero-order chi connectivity index (χ0) is 9.26. The number of hydrogen-bond acceptors (Lipinski definition) is 2. The fraction of sp³-hybridized carbons (Fsp3) is 0.100. The Hall–Kier alpha value is -1.06. The first-order chi connectivity index (χ1) is 6.27. The third kappa shape index (κ3) is 1.66. The molecule has 1 aromatic carbocycles. The van der Waals surface area contributed by atoms with Gasteiger partial charge in [0.2, 0.25) is 5.03 Å². The van der Waals surface area contributed by atoms with Gasteiger partial charge in [0.1, 0.15) is 6.26 Å². The van der Waals surface area contributed by atoms with E-state index in [4.69, 9.17) is 0 Å². The van der Waals surface area contributed by atoms with E-state index in [2.05, 4.69) is 4.98 Å². The van der Waals surface area contributed by atoms with Crippen molar-refractivity contribution in [2.24, 2.45) is 0 Å². The highest BCUT2D eigenvalue weighted by Crippen LogP contribution is 2.14. The molecule has 2 rings (SSSR count). The first kappa shape index (κ1) is 8.53. The third-order valence-electron chi connectivity index (χ3n) is 1.87. The molecular formula is C10H9NOS. The minimum absolute atomic E-state index is 0.638. The normalized spacial score (nSPS) is 13.1. The molecule has 13 heavy (non-hydrogen) atoms. The maximum absolute atomic E-state index is 11.1. The Morgan fingerprint density at radius 3 is 2.69 bits per heavy atom. The smallest absolute Gasteiger partial charge is 0.244 e. The molecule has 0 amide bonds. The lowest BCUT2D eigenvalue weighted by Gasteiger charge is -2.03. The molecule has 0 bridgehead atoms. The maximum atomic E-state index is 11.1. The summed E-state index contributed by atoms with van der Waals surface area (Å²) >= 11 is -0.996. The lowest BCUT2D eigenvalue weighted by Crippen LogP contribution is -1.99. The number of benzene rings is 1. The molecule has 0 saturated carbocycles. The molecule has 2 aromatic rings. The van der Waals surface area contributed by atoms with E-state index < -0.39 is 11.2 Å². The molecule has 0 saturated heterocycles. The molecule has 0 N–H and O–H groups in total. The number of nitrogens with zero attached hydrogens (tertiary/aromatic N) is 1. The average molecular weight is 191 g/mol. The molecule has 1 unspecified atom stereocenters. The quantitative estimate of drug-likeness (QED) is 0.646. The van der Waals surface area contributed by atoms with Gasteiger partial charge in [0.15, 0.2) is 0 Å². The van der Waals surface area contributed by atoms with Gasteiger partial charge in [0, 0.05) is 22.6 Å². The highest BCUT2D eigenvalue weighted by atomic mass is 32.2. The Bertz CT molecular complexity index is 428. The van der Waals surface area contributed by atoms with Crippen molar-refractivity contribution in [2.75, 3.05) is 6.26 Å². The molecule has 66 valence electrons. The Morgan fingerprint density at radius 2 is 1.92 bits per heavy atom. The Labute approximate surface area is 79.8 Å². The van der Waals surface area contributed by atoms with E-state index in [1.54, 1.807) is 12.3 Å². The molecule has 1 heterocycles. The number of para-hydroxylation sites is 1. The summed E-state index contributed by atoms with van der Waals surface area (Å²) in [6, 6.07) is 11.6. The maximum Gasteiger partial charge on any atom is 0.244 e. The van der Waals surface area contributed by atoms with Crippen LogP contribution in [-0.4, -0.2) is 15.8 Å². The second-order valence-corrected chi connectivity index (χ2v) is 4.12. The second kappa shape index (κ2) is 3.36. The van der Waals surface area contributed by atoms with Gasteiger partial charge >= 0.3 is 0 Å². The standard InChI is InChI=1S/C10H9NOS/c1-13(12)10-7-6-8-4-2-3-5-9(8)11-10/h2-7H,1H3. The molecule has 1 aromatic heterocycles. The Balaban J connectivity index is 2.62. The van der Waals surface area contributed by atoms with Crippen molar-refractivity contribution in [1.29, 1.82) is 0 Å². The van der Waals surface area contributed by atoms with E-state index in [1.807, 2.05) is 30.3 Å². The van der Waals surface area contributed by atoms with Gasteiger partial charge in [-0.1, -0.05) is 18.2 Å². The number of hydrogen-bond donors (Lipinski definition) is 0. The van der Waals surface area contributed by atoms with Gasteiger partial charge in [0.25, 0.3) is 0 Å². The van der Waals surface area contributed by atoms with E-state index in [-0.39, 0.29) is 0 Å². The van der Waals surface area contributed by atoms with Gasteiger partial charge in [0.05, 0.1) is 5.52 Å². The van der Waals surface area contributed by atoms with Crippen LogP contribution in [0.1, 0.15) is 0 Å². The van der Waals surface area contributed by atoms with Gasteiger partial charge in [-0.3, -0.25) is 0 Å². The van der Waals surface area contributed by atoms with Gasteiger partial charge in [-0.25, -0.2) is 4.98 Å². The van der Waals surface area contributed by atoms with Gasteiger partial charge < -0.3 is 4.55 Å². The number of fused-ring (bicyclic) bond motifs is 1. The van der Waals surface area contributed by atoms with Gasteiger partial charge in [-0.05, 0) is 12.1 Å². The molecular weight excluding hydrogens is 182 g/mol. The van der Waals surface area contributed by atoms with Crippen LogP contribution in [0.15, 0.2) is 41.4 Å². The summed E-state index contributed by atoms with van der Waals surface area (Å²) in [6.07, 6.45) is 1.64. The van der Waals surface area contributed by atoms with Crippen LogP contribution in [-0.2, 0) is 11.2 Å². The first-order valence-electron chi connectivity index (χ1n) is 3.96. The topological polar surface area (TPSA) is 36.0 Å². The minimum atomic E-state index is -0.996. The summed E-state index contributed by atoms with van der Waals surface area (Å²) in [5.41, 5.74) is 0.898. The molecule has 1 atom stereocenters. The predicted octanol–water partition coefficient (Wildman–Crippen LogP) is 1.97. The SMILES string of the molecule is C[S+]([O-])c1ccc2ccccc2n1. The summed E-state index contributed by atoms with van der Waals surface area (Å²) in [6.45, 7) is 0. The largest absolute Gasteiger partial charge is 0.610 e. The van der Waals surface area contributed by atoms with Crippen molar-refractivity contribution in [2.45, 2.75) is 5.03 Å². The summed E-state index contributed by atoms with van der Waals surface area (Å²) in [4.78, 5) is 4.27.